The van der Waals surface area contributed by atoms with Gasteiger partial charge in [-0.15, -0.1) is 0 Å². The number of carbonyl (C=O) groups is 1. The van der Waals surface area contributed by atoms with Crippen LogP contribution in [-0.4, -0.2) is 37.1 Å². The monoisotopic (exact) mass is 187 g/mol. The summed E-state index contributed by atoms with van der Waals surface area (Å²) in [6.45, 7) is 10.9. The summed E-state index contributed by atoms with van der Waals surface area (Å²) in [5.74, 6) is 0.304. The smallest absolute Gasteiger partial charge is 0.320 e. The molecule has 3 nitrogen and oxygen atoms in total. The highest BCUT2D eigenvalue weighted by molar-refractivity contribution is 5.71. The molecule has 0 fully saturated rings. The Labute approximate surface area is 81.1 Å². The van der Waals surface area contributed by atoms with Crippen LogP contribution in [0.15, 0.2) is 0 Å². The van der Waals surface area contributed by atoms with E-state index in [9.17, 15) is 4.79 Å². The van der Waals surface area contributed by atoms with Gasteiger partial charge in [0.25, 0.3) is 0 Å². The molecule has 0 aliphatic carbocycles. The molecular formula is C10H21NO2. The third kappa shape index (κ3) is 6.58. The van der Waals surface area contributed by atoms with Crippen LogP contribution in [0.25, 0.3) is 0 Å². The molecule has 0 N–H and O–H groups in total. The molecule has 0 heterocycles. The van der Waals surface area contributed by atoms with Crippen molar-refractivity contribution < 1.29 is 9.53 Å². The quantitative estimate of drug-likeness (QED) is 0.591. The lowest BCUT2D eigenvalue weighted by Crippen LogP contribution is -2.31. The fourth-order valence-electron chi connectivity index (χ4n) is 0.935. The minimum absolute atomic E-state index is 0.114. The summed E-state index contributed by atoms with van der Waals surface area (Å²) in [5.41, 5.74) is 0. The molecule has 0 rings (SSSR count). The lowest BCUT2D eigenvalue weighted by atomic mass is 10.2. The van der Waals surface area contributed by atoms with Gasteiger partial charge in [0.1, 0.15) is 0 Å². The lowest BCUT2D eigenvalue weighted by molar-refractivity contribution is -0.145. The number of nitrogens with zero attached hydrogens (tertiary/aromatic N) is 1. The molecule has 0 aliphatic rings. The maximum absolute atomic E-state index is 11.2. The summed E-state index contributed by atoms with van der Waals surface area (Å²) in [4.78, 5) is 13.3. The number of rotatable bonds is 6. The number of ether oxygens (including phenoxy) is 1. The van der Waals surface area contributed by atoms with Crippen LogP contribution in [0.5, 0.6) is 0 Å². The van der Waals surface area contributed by atoms with E-state index in [2.05, 4.69) is 0 Å². The van der Waals surface area contributed by atoms with Gasteiger partial charge in [-0.3, -0.25) is 9.69 Å². The number of hydrogen-bond acceptors (Lipinski definition) is 3. The van der Waals surface area contributed by atoms with Gasteiger partial charge in [-0.1, -0.05) is 27.7 Å². The summed E-state index contributed by atoms with van der Waals surface area (Å²) in [7, 11) is 0. The highest BCUT2D eigenvalue weighted by Crippen LogP contribution is 1.94. The fourth-order valence-corrected chi connectivity index (χ4v) is 0.935. The third-order valence-electron chi connectivity index (χ3n) is 1.82. The van der Waals surface area contributed by atoms with Gasteiger partial charge in [-0.2, -0.15) is 0 Å². The average Bonchev–Trinajstić information content (AvgIpc) is 2.10. The molecule has 0 bridgehead atoms. The highest BCUT2D eigenvalue weighted by Gasteiger charge is 2.08. The van der Waals surface area contributed by atoms with Crippen molar-refractivity contribution in [2.45, 2.75) is 27.7 Å². The van der Waals surface area contributed by atoms with Crippen molar-refractivity contribution >= 4 is 5.97 Å². The predicted molar refractivity (Wildman–Crippen MR) is 53.6 cm³/mol. The molecule has 0 aromatic rings. The molecule has 0 radical (unpaired) electrons. The molecule has 3 heteroatoms. The first-order valence-corrected chi connectivity index (χ1v) is 4.98. The van der Waals surface area contributed by atoms with Crippen LogP contribution in [0.1, 0.15) is 27.7 Å². The van der Waals surface area contributed by atoms with Gasteiger partial charge in [0.2, 0.25) is 0 Å². The van der Waals surface area contributed by atoms with Crippen molar-refractivity contribution in [3.05, 3.63) is 0 Å². The Morgan fingerprint density at radius 1 is 1.31 bits per heavy atom. The van der Waals surface area contributed by atoms with Gasteiger partial charge >= 0.3 is 5.97 Å². The first kappa shape index (κ1) is 12.4. The highest BCUT2D eigenvalue weighted by atomic mass is 16.5. The maximum atomic E-state index is 11.2. The maximum Gasteiger partial charge on any atom is 0.320 e. The SMILES string of the molecule is CCN(CC)CC(=O)OCC(C)C. The molecule has 0 saturated carbocycles. The van der Waals surface area contributed by atoms with Gasteiger partial charge in [-0.25, -0.2) is 0 Å². The summed E-state index contributed by atoms with van der Waals surface area (Å²) in [6.07, 6.45) is 0. The van der Waals surface area contributed by atoms with Crippen LogP contribution in [-0.2, 0) is 9.53 Å². The minimum atomic E-state index is -0.114. The van der Waals surface area contributed by atoms with E-state index in [1.54, 1.807) is 0 Å². The second-order valence-corrected chi connectivity index (χ2v) is 3.54. The van der Waals surface area contributed by atoms with Gasteiger partial charge in [-0.05, 0) is 19.0 Å². The molecule has 0 spiro atoms. The molecule has 0 aliphatic heterocycles. The Balaban J connectivity index is 3.60. The first-order valence-electron chi connectivity index (χ1n) is 4.98. The Morgan fingerprint density at radius 2 is 1.85 bits per heavy atom. The Hall–Kier alpha value is -0.570. The second-order valence-electron chi connectivity index (χ2n) is 3.54. The van der Waals surface area contributed by atoms with E-state index >= 15 is 0 Å². The van der Waals surface area contributed by atoms with E-state index in [1.807, 2.05) is 32.6 Å². The molecule has 0 unspecified atom stereocenters. The topological polar surface area (TPSA) is 29.5 Å². The average molecular weight is 187 g/mol. The number of carbonyl (C=O) groups excluding carboxylic acids is 1. The van der Waals surface area contributed by atoms with Crippen molar-refractivity contribution in [3.63, 3.8) is 0 Å². The normalized spacial score (nSPS) is 10.9. The van der Waals surface area contributed by atoms with Crippen molar-refractivity contribution in [2.24, 2.45) is 5.92 Å². The predicted octanol–water partition coefficient (Wildman–Crippen LogP) is 1.53. The summed E-state index contributed by atoms with van der Waals surface area (Å²) in [5, 5.41) is 0. The van der Waals surface area contributed by atoms with E-state index < -0.39 is 0 Å². The molecule has 78 valence electrons. The zero-order valence-electron chi connectivity index (χ0n) is 9.17. The Morgan fingerprint density at radius 3 is 2.23 bits per heavy atom. The van der Waals surface area contributed by atoms with Gasteiger partial charge < -0.3 is 4.74 Å². The molecule has 0 atom stereocenters. The van der Waals surface area contributed by atoms with Gasteiger partial charge in [0.05, 0.1) is 13.2 Å². The number of likely N-dealkylation sites (N-methyl/N-ethyl adjacent to an activating group) is 1. The van der Waals surface area contributed by atoms with E-state index in [0.717, 1.165) is 13.1 Å². The Kier molecular flexibility index (Phi) is 6.59. The minimum Gasteiger partial charge on any atom is -0.464 e. The van der Waals surface area contributed by atoms with E-state index in [1.165, 1.54) is 0 Å². The first-order chi connectivity index (χ1) is 6.10. The summed E-state index contributed by atoms with van der Waals surface area (Å²) >= 11 is 0. The largest absolute Gasteiger partial charge is 0.464 e. The number of hydrogen-bond donors (Lipinski definition) is 0. The molecule has 0 aromatic carbocycles. The van der Waals surface area contributed by atoms with E-state index in [4.69, 9.17) is 4.74 Å². The zero-order chi connectivity index (χ0) is 10.3. The summed E-state index contributed by atoms with van der Waals surface area (Å²) in [6, 6.07) is 0. The second kappa shape index (κ2) is 6.89. The van der Waals surface area contributed by atoms with Crippen molar-refractivity contribution in [1.82, 2.24) is 4.90 Å². The van der Waals surface area contributed by atoms with Crippen LogP contribution in [0.3, 0.4) is 0 Å². The lowest BCUT2D eigenvalue weighted by Gasteiger charge is -2.17. The van der Waals surface area contributed by atoms with Crippen LogP contribution < -0.4 is 0 Å². The molecule has 0 aromatic heterocycles. The van der Waals surface area contributed by atoms with E-state index in [0.29, 0.717) is 19.1 Å². The fraction of sp³-hybridized carbons (Fsp3) is 0.900. The van der Waals surface area contributed by atoms with Gasteiger partial charge in [0.15, 0.2) is 0 Å². The molecule has 0 amide bonds. The van der Waals surface area contributed by atoms with Crippen molar-refractivity contribution in [1.29, 1.82) is 0 Å². The standard InChI is InChI=1S/C10H21NO2/c1-5-11(6-2)7-10(12)13-8-9(3)4/h9H,5-8H2,1-4H3. The zero-order valence-corrected chi connectivity index (χ0v) is 9.17. The molecule has 13 heavy (non-hydrogen) atoms. The van der Waals surface area contributed by atoms with Crippen LogP contribution in [0, 0.1) is 5.92 Å². The van der Waals surface area contributed by atoms with Crippen molar-refractivity contribution in [3.8, 4) is 0 Å². The van der Waals surface area contributed by atoms with E-state index in [-0.39, 0.29) is 5.97 Å². The Bertz CT molecular complexity index is 142. The van der Waals surface area contributed by atoms with Crippen LogP contribution in [0.4, 0.5) is 0 Å². The van der Waals surface area contributed by atoms with Gasteiger partial charge in [0, 0.05) is 0 Å². The number of esters is 1. The third-order valence-corrected chi connectivity index (χ3v) is 1.82. The van der Waals surface area contributed by atoms with Crippen LogP contribution in [0.2, 0.25) is 0 Å². The van der Waals surface area contributed by atoms with Crippen LogP contribution >= 0.6 is 0 Å². The van der Waals surface area contributed by atoms with Crippen molar-refractivity contribution in [2.75, 3.05) is 26.2 Å². The molecule has 0 saturated heterocycles. The summed E-state index contributed by atoms with van der Waals surface area (Å²) < 4.78 is 5.06. The molecular weight excluding hydrogens is 166 g/mol.